The van der Waals surface area contributed by atoms with Crippen LogP contribution in [0.2, 0.25) is 10.3 Å². The summed E-state index contributed by atoms with van der Waals surface area (Å²) < 4.78 is 22.0. The molecule has 1 aromatic heterocycles. The lowest BCUT2D eigenvalue weighted by molar-refractivity contribution is 0.601. The highest BCUT2D eigenvalue weighted by Gasteiger charge is 2.14. The number of nitrogens with zero attached hydrogens (tertiary/aromatic N) is 2. The molecule has 66 valence electrons. The van der Waals surface area contributed by atoms with Crippen LogP contribution in [0.15, 0.2) is 11.0 Å². The molecule has 0 spiro atoms. The molecule has 1 rings (SSSR count). The summed E-state index contributed by atoms with van der Waals surface area (Å²) in [4.78, 5) is -0.107. The first-order valence-corrected chi connectivity index (χ1v) is 5.45. The third-order valence-electron chi connectivity index (χ3n) is 1.09. The van der Waals surface area contributed by atoms with Gasteiger partial charge in [0.1, 0.15) is 4.90 Å². The van der Waals surface area contributed by atoms with E-state index in [1.165, 1.54) is 0 Å². The maximum Gasteiger partial charge on any atom is 0.178 e. The minimum absolute atomic E-state index is 0.000162. The minimum Gasteiger partial charge on any atom is -0.224 e. The molecule has 0 radical (unpaired) electrons. The summed E-state index contributed by atoms with van der Waals surface area (Å²) in [6, 6.07) is 1.16. The van der Waals surface area contributed by atoms with Gasteiger partial charge in [0.05, 0.1) is 0 Å². The zero-order chi connectivity index (χ0) is 9.35. The molecule has 4 nitrogen and oxygen atoms in total. The molecule has 0 saturated heterocycles. The molecule has 0 aliphatic rings. The summed E-state index contributed by atoms with van der Waals surface area (Å²) in [5.41, 5.74) is 0. The Bertz CT molecular complexity index is 404. The van der Waals surface area contributed by atoms with Gasteiger partial charge in [0.2, 0.25) is 0 Å². The summed E-state index contributed by atoms with van der Waals surface area (Å²) in [5, 5.41) is 6.56. The predicted molar refractivity (Wildman–Crippen MR) is 45.2 cm³/mol. The van der Waals surface area contributed by atoms with Crippen LogP contribution >= 0.6 is 23.2 Å². The standard InChI is InChI=1S/C5H4Cl2N2O2S/c1-12(10,11)3-2-4(6)8-9-5(3)7/h2H,1H3. The Balaban J connectivity index is 3.43. The topological polar surface area (TPSA) is 59.9 Å². The molecule has 0 saturated carbocycles. The highest BCUT2D eigenvalue weighted by atomic mass is 35.5. The first kappa shape index (κ1) is 9.70. The monoisotopic (exact) mass is 226 g/mol. The van der Waals surface area contributed by atoms with Crippen molar-refractivity contribution >= 4 is 33.0 Å². The number of rotatable bonds is 1. The Morgan fingerprint density at radius 3 is 2.33 bits per heavy atom. The van der Waals surface area contributed by atoms with Crippen LogP contribution in [0.5, 0.6) is 0 Å². The molecular weight excluding hydrogens is 223 g/mol. The molecule has 1 heterocycles. The molecule has 0 unspecified atom stereocenters. The van der Waals surface area contributed by atoms with Crippen LogP contribution in [0.25, 0.3) is 0 Å². The van der Waals surface area contributed by atoms with Crippen LogP contribution in [-0.2, 0) is 9.84 Å². The van der Waals surface area contributed by atoms with Crippen molar-refractivity contribution in [3.63, 3.8) is 0 Å². The van der Waals surface area contributed by atoms with Gasteiger partial charge in [-0.3, -0.25) is 0 Å². The SMILES string of the molecule is CS(=O)(=O)c1cc(Cl)nnc1Cl. The Morgan fingerprint density at radius 2 is 1.92 bits per heavy atom. The van der Waals surface area contributed by atoms with Crippen molar-refractivity contribution in [2.45, 2.75) is 4.90 Å². The smallest absolute Gasteiger partial charge is 0.178 e. The van der Waals surface area contributed by atoms with E-state index in [9.17, 15) is 8.42 Å². The minimum atomic E-state index is -3.37. The molecule has 0 amide bonds. The van der Waals surface area contributed by atoms with Crippen LogP contribution in [-0.4, -0.2) is 24.9 Å². The van der Waals surface area contributed by atoms with E-state index in [1.807, 2.05) is 0 Å². The van der Waals surface area contributed by atoms with Crippen molar-refractivity contribution in [1.82, 2.24) is 10.2 Å². The number of hydrogen-bond donors (Lipinski definition) is 0. The Hall–Kier alpha value is -0.390. The molecule has 0 aromatic carbocycles. The second kappa shape index (κ2) is 3.16. The quantitative estimate of drug-likeness (QED) is 0.722. The predicted octanol–water partition coefficient (Wildman–Crippen LogP) is 1.19. The summed E-state index contributed by atoms with van der Waals surface area (Å²) in [5.74, 6) is 0. The Morgan fingerprint density at radius 1 is 1.33 bits per heavy atom. The summed E-state index contributed by atoms with van der Waals surface area (Å²) >= 11 is 10.9. The van der Waals surface area contributed by atoms with E-state index in [-0.39, 0.29) is 15.2 Å². The normalized spacial score (nSPS) is 11.6. The van der Waals surface area contributed by atoms with Crippen molar-refractivity contribution in [2.24, 2.45) is 0 Å². The van der Waals surface area contributed by atoms with Crippen molar-refractivity contribution in [3.8, 4) is 0 Å². The fraction of sp³-hybridized carbons (Fsp3) is 0.200. The highest BCUT2D eigenvalue weighted by molar-refractivity contribution is 7.90. The van der Waals surface area contributed by atoms with Crippen molar-refractivity contribution in [3.05, 3.63) is 16.4 Å². The molecule has 0 fully saturated rings. The number of halogens is 2. The van der Waals surface area contributed by atoms with Gasteiger partial charge in [-0.2, -0.15) is 0 Å². The fourth-order valence-corrected chi connectivity index (χ4v) is 1.99. The molecule has 0 bridgehead atoms. The maximum absolute atomic E-state index is 11.0. The Labute approximate surface area is 79.4 Å². The van der Waals surface area contributed by atoms with Crippen LogP contribution in [0.1, 0.15) is 0 Å². The molecule has 1 aromatic rings. The third-order valence-corrected chi connectivity index (χ3v) is 2.77. The van der Waals surface area contributed by atoms with E-state index in [1.54, 1.807) is 0 Å². The summed E-state index contributed by atoms with van der Waals surface area (Å²) in [6.45, 7) is 0. The third kappa shape index (κ3) is 2.06. The molecule has 12 heavy (non-hydrogen) atoms. The second-order valence-corrected chi connectivity index (χ2v) is 4.82. The number of sulfone groups is 1. The van der Waals surface area contributed by atoms with Gasteiger partial charge in [-0.15, -0.1) is 10.2 Å². The first-order valence-electron chi connectivity index (χ1n) is 2.80. The van der Waals surface area contributed by atoms with Gasteiger partial charge in [-0.1, -0.05) is 23.2 Å². The number of hydrogen-bond acceptors (Lipinski definition) is 4. The Kier molecular flexibility index (Phi) is 2.55. The van der Waals surface area contributed by atoms with Crippen molar-refractivity contribution < 1.29 is 8.42 Å². The largest absolute Gasteiger partial charge is 0.224 e. The van der Waals surface area contributed by atoms with E-state index >= 15 is 0 Å². The zero-order valence-electron chi connectivity index (χ0n) is 5.95. The number of aromatic nitrogens is 2. The van der Waals surface area contributed by atoms with Gasteiger partial charge < -0.3 is 0 Å². The van der Waals surface area contributed by atoms with Gasteiger partial charge in [-0.25, -0.2) is 8.42 Å². The summed E-state index contributed by atoms with van der Waals surface area (Å²) in [7, 11) is -3.37. The lowest BCUT2D eigenvalue weighted by Crippen LogP contribution is -2.00. The van der Waals surface area contributed by atoms with E-state index in [0.717, 1.165) is 12.3 Å². The molecule has 0 aliphatic heterocycles. The lowest BCUT2D eigenvalue weighted by Gasteiger charge is -1.98. The van der Waals surface area contributed by atoms with Crippen LogP contribution in [0.4, 0.5) is 0 Å². The zero-order valence-corrected chi connectivity index (χ0v) is 8.28. The molecule has 0 aliphatic carbocycles. The lowest BCUT2D eigenvalue weighted by atomic mass is 10.6. The second-order valence-electron chi connectivity index (χ2n) is 2.09. The van der Waals surface area contributed by atoms with Gasteiger partial charge >= 0.3 is 0 Å². The molecular formula is C5H4Cl2N2O2S. The van der Waals surface area contributed by atoms with Gasteiger partial charge in [-0.05, 0) is 6.07 Å². The van der Waals surface area contributed by atoms with Crippen LogP contribution in [0.3, 0.4) is 0 Å². The van der Waals surface area contributed by atoms with Crippen molar-refractivity contribution in [1.29, 1.82) is 0 Å². The van der Waals surface area contributed by atoms with Crippen LogP contribution in [0, 0.1) is 0 Å². The maximum atomic E-state index is 11.0. The van der Waals surface area contributed by atoms with Crippen molar-refractivity contribution in [2.75, 3.05) is 6.26 Å². The van der Waals surface area contributed by atoms with E-state index < -0.39 is 9.84 Å². The highest BCUT2D eigenvalue weighted by Crippen LogP contribution is 2.19. The molecule has 0 N–H and O–H groups in total. The van der Waals surface area contributed by atoms with Gasteiger partial charge in [0.25, 0.3) is 0 Å². The fourth-order valence-electron chi connectivity index (χ4n) is 0.598. The average Bonchev–Trinajstić information content (AvgIpc) is 1.92. The van der Waals surface area contributed by atoms with Gasteiger partial charge in [0.15, 0.2) is 20.1 Å². The average molecular weight is 227 g/mol. The summed E-state index contributed by atoms with van der Waals surface area (Å²) in [6.07, 6.45) is 1.02. The molecule has 0 atom stereocenters. The first-order chi connectivity index (χ1) is 5.41. The molecule has 7 heteroatoms. The van der Waals surface area contributed by atoms with E-state index in [2.05, 4.69) is 10.2 Å². The van der Waals surface area contributed by atoms with E-state index in [4.69, 9.17) is 23.2 Å². The van der Waals surface area contributed by atoms with E-state index in [0.29, 0.717) is 0 Å². The van der Waals surface area contributed by atoms with Gasteiger partial charge in [0, 0.05) is 6.26 Å². The van der Waals surface area contributed by atoms with Crippen LogP contribution < -0.4 is 0 Å².